The van der Waals surface area contributed by atoms with Crippen molar-refractivity contribution >= 4 is 17.7 Å². The molecule has 0 fully saturated rings. The SMILES string of the molecule is CCOC1=NCCC1SCc1ccc(OC)cc1. The monoisotopic (exact) mass is 265 g/mol. The third-order valence-corrected chi connectivity index (χ3v) is 4.18. The number of hydrogen-bond donors (Lipinski definition) is 0. The maximum Gasteiger partial charge on any atom is 0.196 e. The van der Waals surface area contributed by atoms with Crippen molar-refractivity contribution in [3.05, 3.63) is 29.8 Å². The van der Waals surface area contributed by atoms with Crippen LogP contribution in [0.2, 0.25) is 0 Å². The van der Waals surface area contributed by atoms with Gasteiger partial charge in [0, 0.05) is 12.3 Å². The molecular formula is C14H19NO2S. The van der Waals surface area contributed by atoms with E-state index in [1.807, 2.05) is 30.8 Å². The second kappa shape index (κ2) is 6.69. The van der Waals surface area contributed by atoms with Gasteiger partial charge in [0.15, 0.2) is 5.90 Å². The third-order valence-electron chi connectivity index (χ3n) is 2.84. The highest BCUT2D eigenvalue weighted by Crippen LogP contribution is 2.26. The fourth-order valence-corrected chi connectivity index (χ4v) is 3.02. The number of rotatable bonds is 5. The fourth-order valence-electron chi connectivity index (χ4n) is 1.88. The first-order chi connectivity index (χ1) is 8.83. The number of nitrogens with zero attached hydrogens (tertiary/aromatic N) is 1. The Kier molecular flexibility index (Phi) is 4.93. The van der Waals surface area contributed by atoms with Crippen molar-refractivity contribution in [1.29, 1.82) is 0 Å². The molecule has 0 aliphatic carbocycles. The zero-order valence-corrected chi connectivity index (χ0v) is 11.7. The molecule has 1 aliphatic heterocycles. The predicted octanol–water partition coefficient (Wildman–Crippen LogP) is 3.14. The molecule has 1 heterocycles. The minimum absolute atomic E-state index is 0.423. The molecule has 0 N–H and O–H groups in total. The summed E-state index contributed by atoms with van der Waals surface area (Å²) in [5, 5.41) is 0.423. The first-order valence-corrected chi connectivity index (χ1v) is 7.30. The summed E-state index contributed by atoms with van der Waals surface area (Å²) in [6, 6.07) is 8.22. The lowest BCUT2D eigenvalue weighted by molar-refractivity contribution is 0.322. The van der Waals surface area contributed by atoms with Crippen molar-refractivity contribution < 1.29 is 9.47 Å². The molecule has 18 heavy (non-hydrogen) atoms. The minimum atomic E-state index is 0.423. The summed E-state index contributed by atoms with van der Waals surface area (Å²) < 4.78 is 10.7. The average molecular weight is 265 g/mol. The normalized spacial score (nSPS) is 18.6. The Bertz CT molecular complexity index is 403. The number of methoxy groups -OCH3 is 1. The van der Waals surface area contributed by atoms with E-state index in [1.165, 1.54) is 5.56 Å². The standard InChI is InChI=1S/C14H19NO2S/c1-3-17-14-13(8-9-15-14)18-10-11-4-6-12(16-2)7-5-11/h4-7,13H,3,8-10H2,1-2H3. The maximum absolute atomic E-state index is 5.55. The smallest absolute Gasteiger partial charge is 0.196 e. The minimum Gasteiger partial charge on any atom is -0.497 e. The van der Waals surface area contributed by atoms with Crippen LogP contribution < -0.4 is 4.74 Å². The molecule has 0 saturated heterocycles. The summed E-state index contributed by atoms with van der Waals surface area (Å²) in [5.41, 5.74) is 1.31. The Labute approximate surface area is 113 Å². The van der Waals surface area contributed by atoms with Gasteiger partial charge >= 0.3 is 0 Å². The largest absolute Gasteiger partial charge is 0.497 e. The van der Waals surface area contributed by atoms with Gasteiger partial charge in [0.2, 0.25) is 0 Å². The van der Waals surface area contributed by atoms with E-state index in [4.69, 9.17) is 9.47 Å². The Morgan fingerprint density at radius 3 is 2.78 bits per heavy atom. The molecule has 0 amide bonds. The van der Waals surface area contributed by atoms with E-state index in [-0.39, 0.29) is 0 Å². The summed E-state index contributed by atoms with van der Waals surface area (Å²) in [6.45, 7) is 3.61. The van der Waals surface area contributed by atoms with Crippen LogP contribution in [0.5, 0.6) is 5.75 Å². The van der Waals surface area contributed by atoms with Gasteiger partial charge in [-0.25, -0.2) is 0 Å². The van der Waals surface area contributed by atoms with Crippen molar-refractivity contribution in [2.24, 2.45) is 4.99 Å². The van der Waals surface area contributed by atoms with Crippen LogP contribution in [0.3, 0.4) is 0 Å². The molecule has 98 valence electrons. The molecule has 0 radical (unpaired) electrons. The Morgan fingerprint density at radius 1 is 1.33 bits per heavy atom. The molecular weight excluding hydrogens is 246 g/mol. The van der Waals surface area contributed by atoms with Gasteiger partial charge in [0.05, 0.1) is 19.0 Å². The van der Waals surface area contributed by atoms with E-state index < -0.39 is 0 Å². The predicted molar refractivity (Wildman–Crippen MR) is 76.6 cm³/mol. The van der Waals surface area contributed by atoms with Gasteiger partial charge in [-0.2, -0.15) is 0 Å². The Morgan fingerprint density at radius 2 is 2.11 bits per heavy atom. The van der Waals surface area contributed by atoms with E-state index in [0.29, 0.717) is 11.9 Å². The van der Waals surface area contributed by atoms with Gasteiger partial charge in [0.1, 0.15) is 5.75 Å². The zero-order valence-electron chi connectivity index (χ0n) is 10.9. The van der Waals surface area contributed by atoms with Crippen molar-refractivity contribution in [2.45, 2.75) is 24.3 Å². The van der Waals surface area contributed by atoms with Crippen LogP contribution in [-0.4, -0.2) is 31.4 Å². The van der Waals surface area contributed by atoms with E-state index in [2.05, 4.69) is 17.1 Å². The lowest BCUT2D eigenvalue weighted by Gasteiger charge is -2.12. The first-order valence-electron chi connectivity index (χ1n) is 6.25. The van der Waals surface area contributed by atoms with E-state index in [9.17, 15) is 0 Å². The summed E-state index contributed by atoms with van der Waals surface area (Å²) >= 11 is 1.90. The van der Waals surface area contributed by atoms with Gasteiger partial charge in [-0.1, -0.05) is 12.1 Å². The van der Waals surface area contributed by atoms with Crippen molar-refractivity contribution in [3.8, 4) is 5.75 Å². The lowest BCUT2D eigenvalue weighted by Crippen LogP contribution is -2.16. The van der Waals surface area contributed by atoms with Crippen LogP contribution in [0.1, 0.15) is 18.9 Å². The van der Waals surface area contributed by atoms with Gasteiger partial charge in [-0.15, -0.1) is 11.8 Å². The van der Waals surface area contributed by atoms with Crippen LogP contribution in [0.25, 0.3) is 0 Å². The number of aliphatic imine (C=N–C) groups is 1. The molecule has 1 aromatic rings. The molecule has 4 heteroatoms. The second-order valence-electron chi connectivity index (χ2n) is 4.09. The average Bonchev–Trinajstić information content (AvgIpc) is 2.85. The number of thioether (sulfide) groups is 1. The molecule has 3 nitrogen and oxygen atoms in total. The Balaban J connectivity index is 1.85. The van der Waals surface area contributed by atoms with E-state index >= 15 is 0 Å². The second-order valence-corrected chi connectivity index (χ2v) is 5.28. The molecule has 1 aliphatic rings. The van der Waals surface area contributed by atoms with Gasteiger partial charge in [-0.05, 0) is 31.0 Å². The Hall–Kier alpha value is -1.16. The highest BCUT2D eigenvalue weighted by molar-refractivity contribution is 7.99. The van der Waals surface area contributed by atoms with Crippen molar-refractivity contribution in [1.82, 2.24) is 0 Å². The summed E-state index contributed by atoms with van der Waals surface area (Å²) in [6.07, 6.45) is 1.09. The lowest BCUT2D eigenvalue weighted by atomic mass is 10.2. The van der Waals surface area contributed by atoms with Gasteiger partial charge < -0.3 is 9.47 Å². The van der Waals surface area contributed by atoms with Crippen LogP contribution in [0.4, 0.5) is 0 Å². The summed E-state index contributed by atoms with van der Waals surface area (Å²) in [5.74, 6) is 2.82. The highest BCUT2D eigenvalue weighted by Gasteiger charge is 2.22. The highest BCUT2D eigenvalue weighted by atomic mass is 32.2. The molecule has 0 aromatic heterocycles. The van der Waals surface area contributed by atoms with Crippen molar-refractivity contribution in [2.75, 3.05) is 20.3 Å². The molecule has 0 saturated carbocycles. The summed E-state index contributed by atoms with van der Waals surface area (Å²) in [4.78, 5) is 4.40. The maximum atomic E-state index is 5.55. The number of hydrogen-bond acceptors (Lipinski definition) is 4. The zero-order chi connectivity index (χ0) is 12.8. The van der Waals surface area contributed by atoms with Crippen LogP contribution in [0, 0.1) is 0 Å². The van der Waals surface area contributed by atoms with Crippen LogP contribution in [-0.2, 0) is 10.5 Å². The topological polar surface area (TPSA) is 30.8 Å². The third kappa shape index (κ3) is 3.42. The molecule has 0 spiro atoms. The number of benzene rings is 1. The van der Waals surface area contributed by atoms with Gasteiger partial charge in [-0.3, -0.25) is 4.99 Å². The fraction of sp³-hybridized carbons (Fsp3) is 0.500. The first kappa shape index (κ1) is 13.3. The molecule has 2 rings (SSSR count). The van der Waals surface area contributed by atoms with Gasteiger partial charge in [0.25, 0.3) is 0 Å². The molecule has 0 bridgehead atoms. The quantitative estimate of drug-likeness (QED) is 0.819. The summed E-state index contributed by atoms with van der Waals surface area (Å²) in [7, 11) is 1.69. The number of ether oxygens (including phenoxy) is 2. The van der Waals surface area contributed by atoms with Crippen molar-refractivity contribution in [3.63, 3.8) is 0 Å². The van der Waals surface area contributed by atoms with Crippen LogP contribution in [0.15, 0.2) is 29.3 Å². The van der Waals surface area contributed by atoms with E-state index in [0.717, 1.165) is 30.4 Å². The molecule has 1 unspecified atom stereocenters. The molecule has 1 aromatic carbocycles. The van der Waals surface area contributed by atoms with E-state index in [1.54, 1.807) is 7.11 Å². The molecule has 1 atom stereocenters. The van der Waals surface area contributed by atoms with Crippen LogP contribution >= 0.6 is 11.8 Å².